The second-order valence-corrected chi connectivity index (χ2v) is 3.30. The van der Waals surface area contributed by atoms with Crippen LogP contribution in [-0.4, -0.2) is 13.9 Å². The van der Waals surface area contributed by atoms with E-state index >= 15 is 0 Å². The molecule has 0 amide bonds. The maximum atomic E-state index is 5.17. The first-order valence-corrected chi connectivity index (χ1v) is 4.43. The molecule has 1 aromatic carbocycles. The van der Waals surface area contributed by atoms with E-state index in [1.54, 1.807) is 7.11 Å². The van der Waals surface area contributed by atoms with Gasteiger partial charge in [-0.05, 0) is 17.7 Å². The third kappa shape index (κ3) is 3.34. The molecule has 0 bridgehead atoms. The zero-order valence-electron chi connectivity index (χ0n) is 6.92. The quantitative estimate of drug-likeness (QED) is 0.585. The minimum Gasteiger partial charge on any atom is -0.359 e. The Morgan fingerprint density at radius 2 is 1.92 bits per heavy atom. The Morgan fingerprint density at radius 3 is 2.50 bits per heavy atom. The van der Waals surface area contributed by atoms with Gasteiger partial charge >= 0.3 is 0 Å². The lowest BCUT2D eigenvalue weighted by atomic mass is 10.2. The van der Waals surface area contributed by atoms with E-state index in [4.69, 9.17) is 9.47 Å². The first kappa shape index (κ1) is 9.71. The van der Waals surface area contributed by atoms with Gasteiger partial charge in [-0.15, -0.1) is 0 Å². The maximum Gasteiger partial charge on any atom is 0.146 e. The number of rotatable bonds is 4. The lowest BCUT2D eigenvalue weighted by molar-refractivity contribution is -0.0390. The van der Waals surface area contributed by atoms with Crippen LogP contribution in [0.5, 0.6) is 0 Å². The van der Waals surface area contributed by atoms with Crippen molar-refractivity contribution in [1.82, 2.24) is 0 Å². The van der Waals surface area contributed by atoms with Gasteiger partial charge in [0.05, 0.1) is 6.61 Å². The number of halogens is 1. The molecule has 3 heteroatoms. The van der Waals surface area contributed by atoms with E-state index in [9.17, 15) is 0 Å². The topological polar surface area (TPSA) is 18.5 Å². The summed E-state index contributed by atoms with van der Waals surface area (Å²) < 4.78 is 11.0. The van der Waals surface area contributed by atoms with E-state index in [1.807, 2.05) is 24.3 Å². The van der Waals surface area contributed by atoms with E-state index in [1.165, 1.54) is 0 Å². The molecule has 0 spiro atoms. The Balaban J connectivity index is 2.37. The minimum atomic E-state index is 0.343. The monoisotopic (exact) mass is 230 g/mol. The molecule has 0 aromatic heterocycles. The summed E-state index contributed by atoms with van der Waals surface area (Å²) in [6.45, 7) is 0.942. The Bertz CT molecular complexity index is 220. The molecule has 1 rings (SSSR count). The number of methoxy groups -OCH3 is 1. The lowest BCUT2D eigenvalue weighted by Crippen LogP contribution is -1.96. The molecule has 0 N–H and O–H groups in total. The SMILES string of the molecule is COCOCc1ccc(Br)cc1. The van der Waals surface area contributed by atoms with E-state index < -0.39 is 0 Å². The van der Waals surface area contributed by atoms with Crippen molar-refractivity contribution in [2.45, 2.75) is 6.61 Å². The number of benzene rings is 1. The molecule has 0 aliphatic heterocycles. The summed E-state index contributed by atoms with van der Waals surface area (Å²) in [5.41, 5.74) is 1.15. The van der Waals surface area contributed by atoms with Crippen LogP contribution in [0.2, 0.25) is 0 Å². The van der Waals surface area contributed by atoms with Crippen LogP contribution in [0.3, 0.4) is 0 Å². The van der Waals surface area contributed by atoms with E-state index in [2.05, 4.69) is 15.9 Å². The molecule has 12 heavy (non-hydrogen) atoms. The summed E-state index contributed by atoms with van der Waals surface area (Å²) in [4.78, 5) is 0. The average molecular weight is 231 g/mol. The highest BCUT2D eigenvalue weighted by atomic mass is 79.9. The van der Waals surface area contributed by atoms with Crippen molar-refractivity contribution >= 4 is 15.9 Å². The number of ether oxygens (including phenoxy) is 2. The highest BCUT2D eigenvalue weighted by Crippen LogP contribution is 2.10. The third-order valence-corrected chi connectivity index (χ3v) is 1.91. The van der Waals surface area contributed by atoms with Gasteiger partial charge in [0.15, 0.2) is 0 Å². The van der Waals surface area contributed by atoms with Crippen molar-refractivity contribution < 1.29 is 9.47 Å². The fourth-order valence-corrected chi connectivity index (χ4v) is 1.09. The van der Waals surface area contributed by atoms with Crippen molar-refractivity contribution in [3.05, 3.63) is 34.3 Å². The Labute approximate surface area is 80.6 Å². The molecule has 0 saturated heterocycles. The lowest BCUT2D eigenvalue weighted by Gasteiger charge is -2.02. The Hall–Kier alpha value is -0.380. The van der Waals surface area contributed by atoms with Gasteiger partial charge in [0, 0.05) is 11.6 Å². The van der Waals surface area contributed by atoms with Crippen LogP contribution < -0.4 is 0 Å². The van der Waals surface area contributed by atoms with Gasteiger partial charge in [-0.2, -0.15) is 0 Å². The van der Waals surface area contributed by atoms with Crippen LogP contribution in [0.15, 0.2) is 28.7 Å². The molecule has 0 unspecified atom stereocenters. The van der Waals surface area contributed by atoms with Gasteiger partial charge in [0.2, 0.25) is 0 Å². The molecule has 66 valence electrons. The molecule has 0 atom stereocenters. The molecule has 2 nitrogen and oxygen atoms in total. The van der Waals surface area contributed by atoms with Crippen LogP contribution in [0.4, 0.5) is 0 Å². The van der Waals surface area contributed by atoms with Gasteiger partial charge < -0.3 is 9.47 Å². The normalized spacial score (nSPS) is 10.2. The number of hydrogen-bond acceptors (Lipinski definition) is 2. The van der Waals surface area contributed by atoms with Crippen LogP contribution in [0, 0.1) is 0 Å². The predicted molar refractivity (Wildman–Crippen MR) is 50.8 cm³/mol. The number of hydrogen-bond donors (Lipinski definition) is 0. The van der Waals surface area contributed by atoms with Gasteiger partial charge in [0.1, 0.15) is 6.79 Å². The maximum absolute atomic E-state index is 5.17. The molecular formula is C9H11BrO2. The highest BCUT2D eigenvalue weighted by molar-refractivity contribution is 9.10. The molecule has 1 aromatic rings. The zero-order valence-corrected chi connectivity index (χ0v) is 8.50. The van der Waals surface area contributed by atoms with Gasteiger partial charge in [-0.3, -0.25) is 0 Å². The average Bonchev–Trinajstić information content (AvgIpc) is 2.09. The van der Waals surface area contributed by atoms with E-state index in [0.717, 1.165) is 10.0 Å². The van der Waals surface area contributed by atoms with Crippen molar-refractivity contribution in [1.29, 1.82) is 0 Å². The second-order valence-electron chi connectivity index (χ2n) is 2.38. The van der Waals surface area contributed by atoms with E-state index in [-0.39, 0.29) is 0 Å². The first-order chi connectivity index (χ1) is 5.83. The van der Waals surface area contributed by atoms with Crippen LogP contribution in [-0.2, 0) is 16.1 Å². The van der Waals surface area contributed by atoms with Crippen LogP contribution in [0.1, 0.15) is 5.56 Å². The fraction of sp³-hybridized carbons (Fsp3) is 0.333. The summed E-state index contributed by atoms with van der Waals surface area (Å²) in [5.74, 6) is 0. The summed E-state index contributed by atoms with van der Waals surface area (Å²) in [5, 5.41) is 0. The van der Waals surface area contributed by atoms with Crippen molar-refractivity contribution in [2.75, 3.05) is 13.9 Å². The van der Waals surface area contributed by atoms with Crippen LogP contribution >= 0.6 is 15.9 Å². The standard InChI is InChI=1S/C9H11BrO2/c1-11-7-12-6-8-2-4-9(10)5-3-8/h2-5H,6-7H2,1H3. The third-order valence-electron chi connectivity index (χ3n) is 1.38. The molecule has 0 saturated carbocycles. The fourth-order valence-electron chi connectivity index (χ4n) is 0.823. The molecule has 0 aliphatic rings. The van der Waals surface area contributed by atoms with Gasteiger partial charge in [0.25, 0.3) is 0 Å². The Kier molecular flexibility index (Phi) is 4.29. The highest BCUT2D eigenvalue weighted by Gasteiger charge is 1.91. The van der Waals surface area contributed by atoms with Crippen molar-refractivity contribution in [3.63, 3.8) is 0 Å². The molecule has 0 heterocycles. The van der Waals surface area contributed by atoms with Gasteiger partial charge in [-0.25, -0.2) is 0 Å². The van der Waals surface area contributed by atoms with E-state index in [0.29, 0.717) is 13.4 Å². The van der Waals surface area contributed by atoms with Crippen molar-refractivity contribution in [3.8, 4) is 0 Å². The summed E-state index contributed by atoms with van der Waals surface area (Å²) in [6, 6.07) is 8.01. The summed E-state index contributed by atoms with van der Waals surface area (Å²) in [6.07, 6.45) is 0. The van der Waals surface area contributed by atoms with Gasteiger partial charge in [-0.1, -0.05) is 28.1 Å². The summed E-state index contributed by atoms with van der Waals surface area (Å²) in [7, 11) is 1.61. The summed E-state index contributed by atoms with van der Waals surface area (Å²) >= 11 is 3.36. The molecular weight excluding hydrogens is 220 g/mol. The zero-order chi connectivity index (χ0) is 8.81. The van der Waals surface area contributed by atoms with Crippen molar-refractivity contribution in [2.24, 2.45) is 0 Å². The molecule has 0 aliphatic carbocycles. The predicted octanol–water partition coefficient (Wildman–Crippen LogP) is 2.57. The molecule has 0 fully saturated rings. The molecule has 0 radical (unpaired) electrons. The second kappa shape index (κ2) is 5.30. The minimum absolute atomic E-state index is 0.343. The Morgan fingerprint density at radius 1 is 1.25 bits per heavy atom. The first-order valence-electron chi connectivity index (χ1n) is 3.64. The largest absolute Gasteiger partial charge is 0.359 e. The smallest absolute Gasteiger partial charge is 0.146 e. The van der Waals surface area contributed by atoms with Crippen LogP contribution in [0.25, 0.3) is 0 Å².